The van der Waals surface area contributed by atoms with E-state index in [0.717, 1.165) is 12.1 Å². The molecule has 0 saturated carbocycles. The maximum atomic E-state index is 12.6. The van der Waals surface area contributed by atoms with Crippen LogP contribution >= 0.6 is 0 Å². The lowest BCUT2D eigenvalue weighted by Crippen LogP contribution is -2.05. The molecule has 0 radical (unpaired) electrons. The third-order valence-corrected chi connectivity index (χ3v) is 4.07. The normalized spacial score (nSPS) is 12.1. The number of benzene rings is 1. The Morgan fingerprint density at radius 1 is 1.07 bits per heavy atom. The van der Waals surface area contributed by atoms with E-state index in [1.165, 1.54) is 12.1 Å². The van der Waals surface area contributed by atoms with Gasteiger partial charge in [0.15, 0.2) is 0 Å². The number of rotatable bonds is 5. The molecule has 1 N–H and O–H groups in total. The van der Waals surface area contributed by atoms with Crippen LogP contribution in [0.4, 0.5) is 27.6 Å². The maximum Gasteiger partial charge on any atom is 0.416 e. The fourth-order valence-corrected chi connectivity index (χ4v) is 2.66. The Kier molecular flexibility index (Phi) is 4.65. The van der Waals surface area contributed by atoms with Crippen molar-refractivity contribution in [3.8, 4) is 11.5 Å². The summed E-state index contributed by atoms with van der Waals surface area (Å²) in [6, 6.07) is 7.89. The van der Waals surface area contributed by atoms with Crippen LogP contribution in [0.2, 0.25) is 0 Å². The predicted molar refractivity (Wildman–Crippen MR) is 92.2 cm³/mol. The van der Waals surface area contributed by atoms with E-state index in [9.17, 15) is 22.0 Å². The summed E-state index contributed by atoms with van der Waals surface area (Å²) in [5.41, 5.74) is 1.37. The highest BCUT2D eigenvalue weighted by Gasteiger charge is 2.29. The summed E-state index contributed by atoms with van der Waals surface area (Å²) in [5.74, 6) is -0.806. The third kappa shape index (κ3) is 4.03. The van der Waals surface area contributed by atoms with E-state index in [4.69, 9.17) is 4.42 Å². The quantitative estimate of drug-likeness (QED) is 0.472. The number of aromatic nitrogens is 4. The first-order valence-electron chi connectivity index (χ1n) is 8.30. The standard InChI is InChI=1S/C18H12F5N5O/c19-15(20)17-27-26-16(29-17)10-5-6-28-9-13(25-14(28)7-10)8-24-12-3-1-11(2-4-12)18(21,22)23/h1-7,9,15,24H,8H2. The Balaban J connectivity index is 1.49. The summed E-state index contributed by atoms with van der Waals surface area (Å²) < 4.78 is 69.6. The Labute approximate surface area is 160 Å². The molecule has 0 aliphatic heterocycles. The highest BCUT2D eigenvalue weighted by atomic mass is 19.4. The van der Waals surface area contributed by atoms with Gasteiger partial charge in [-0.3, -0.25) is 0 Å². The second-order valence-corrected chi connectivity index (χ2v) is 6.09. The summed E-state index contributed by atoms with van der Waals surface area (Å²) in [6.07, 6.45) is -3.85. The van der Waals surface area contributed by atoms with E-state index >= 15 is 0 Å². The Morgan fingerprint density at radius 2 is 1.83 bits per heavy atom. The number of imidazole rings is 1. The molecule has 3 aromatic heterocycles. The monoisotopic (exact) mass is 409 g/mol. The first kappa shape index (κ1) is 18.8. The molecule has 0 amide bonds. The number of anilines is 1. The lowest BCUT2D eigenvalue weighted by atomic mass is 10.2. The van der Waals surface area contributed by atoms with E-state index in [-0.39, 0.29) is 12.4 Å². The van der Waals surface area contributed by atoms with E-state index in [0.29, 0.717) is 22.6 Å². The van der Waals surface area contributed by atoms with Crippen LogP contribution in [-0.2, 0) is 12.7 Å². The minimum absolute atomic E-state index is 0.0461. The van der Waals surface area contributed by atoms with Crippen LogP contribution in [0.25, 0.3) is 17.1 Å². The summed E-state index contributed by atoms with van der Waals surface area (Å²) in [6.45, 7) is 0.276. The van der Waals surface area contributed by atoms with E-state index in [1.807, 2.05) is 0 Å². The summed E-state index contributed by atoms with van der Waals surface area (Å²) in [7, 11) is 0. The largest absolute Gasteiger partial charge is 0.416 e. The molecule has 150 valence electrons. The van der Waals surface area contributed by atoms with Gasteiger partial charge in [0.1, 0.15) is 5.65 Å². The second-order valence-electron chi connectivity index (χ2n) is 6.09. The average Bonchev–Trinajstić information content (AvgIpc) is 3.32. The zero-order valence-electron chi connectivity index (χ0n) is 14.5. The van der Waals surface area contributed by atoms with Crippen molar-refractivity contribution in [1.82, 2.24) is 19.6 Å². The van der Waals surface area contributed by atoms with Gasteiger partial charge in [-0.05, 0) is 36.4 Å². The van der Waals surface area contributed by atoms with Crippen LogP contribution in [0.5, 0.6) is 0 Å². The summed E-state index contributed by atoms with van der Waals surface area (Å²) in [4.78, 5) is 4.40. The van der Waals surface area contributed by atoms with Gasteiger partial charge in [-0.25, -0.2) is 4.98 Å². The van der Waals surface area contributed by atoms with Crippen LogP contribution < -0.4 is 5.32 Å². The number of halogens is 5. The molecule has 29 heavy (non-hydrogen) atoms. The topological polar surface area (TPSA) is 68.2 Å². The predicted octanol–water partition coefficient (Wildman–Crippen LogP) is 4.95. The Morgan fingerprint density at radius 3 is 2.48 bits per heavy atom. The molecule has 3 heterocycles. The highest BCUT2D eigenvalue weighted by molar-refractivity contribution is 5.60. The van der Waals surface area contributed by atoms with E-state index < -0.39 is 24.1 Å². The fourth-order valence-electron chi connectivity index (χ4n) is 2.66. The number of pyridine rings is 1. The Hall–Kier alpha value is -3.50. The molecular weight excluding hydrogens is 397 g/mol. The highest BCUT2D eigenvalue weighted by Crippen LogP contribution is 2.30. The van der Waals surface area contributed by atoms with Gasteiger partial charge >= 0.3 is 12.6 Å². The third-order valence-electron chi connectivity index (χ3n) is 4.07. The minimum Gasteiger partial charge on any atom is -0.415 e. The molecule has 4 aromatic rings. The van der Waals surface area contributed by atoms with Crippen molar-refractivity contribution in [3.05, 3.63) is 65.9 Å². The van der Waals surface area contributed by atoms with E-state index in [2.05, 4.69) is 20.5 Å². The molecule has 0 fully saturated rings. The van der Waals surface area contributed by atoms with Crippen molar-refractivity contribution in [3.63, 3.8) is 0 Å². The van der Waals surface area contributed by atoms with Crippen LogP contribution in [0.1, 0.15) is 23.6 Å². The lowest BCUT2D eigenvalue weighted by Gasteiger charge is -2.08. The molecule has 0 aliphatic carbocycles. The van der Waals surface area contributed by atoms with Gasteiger partial charge in [0, 0.05) is 23.6 Å². The molecule has 1 aromatic carbocycles. The number of nitrogens with zero attached hydrogens (tertiary/aromatic N) is 4. The minimum atomic E-state index is -4.38. The number of hydrogen-bond donors (Lipinski definition) is 1. The van der Waals surface area contributed by atoms with Gasteiger partial charge in [0.25, 0.3) is 5.89 Å². The molecule has 11 heteroatoms. The van der Waals surface area contributed by atoms with Gasteiger partial charge in [-0.1, -0.05) is 0 Å². The van der Waals surface area contributed by atoms with Crippen LogP contribution in [0, 0.1) is 0 Å². The number of hydrogen-bond acceptors (Lipinski definition) is 5. The number of fused-ring (bicyclic) bond motifs is 1. The number of nitrogens with one attached hydrogen (secondary N) is 1. The molecular formula is C18H12F5N5O. The van der Waals surface area contributed by atoms with Crippen molar-refractivity contribution in [1.29, 1.82) is 0 Å². The van der Waals surface area contributed by atoms with Gasteiger partial charge in [0.05, 0.1) is 17.8 Å². The lowest BCUT2D eigenvalue weighted by molar-refractivity contribution is -0.137. The summed E-state index contributed by atoms with van der Waals surface area (Å²) in [5, 5.41) is 9.88. The molecule has 0 saturated heterocycles. The van der Waals surface area contributed by atoms with E-state index in [1.54, 1.807) is 28.9 Å². The van der Waals surface area contributed by atoms with Gasteiger partial charge < -0.3 is 14.1 Å². The van der Waals surface area contributed by atoms with Gasteiger partial charge in [-0.15, -0.1) is 10.2 Å². The first-order valence-corrected chi connectivity index (χ1v) is 8.30. The molecule has 0 bridgehead atoms. The molecule has 0 atom stereocenters. The second kappa shape index (κ2) is 7.15. The fraction of sp³-hybridized carbons (Fsp3) is 0.167. The molecule has 4 rings (SSSR count). The average molecular weight is 409 g/mol. The molecule has 6 nitrogen and oxygen atoms in total. The van der Waals surface area contributed by atoms with Gasteiger partial charge in [-0.2, -0.15) is 22.0 Å². The van der Waals surface area contributed by atoms with Crippen LogP contribution in [0.15, 0.2) is 53.2 Å². The Bertz CT molecular complexity index is 1130. The molecule has 0 spiro atoms. The summed E-state index contributed by atoms with van der Waals surface area (Å²) >= 11 is 0. The van der Waals surface area contributed by atoms with Crippen molar-refractivity contribution >= 4 is 11.3 Å². The van der Waals surface area contributed by atoms with Crippen molar-refractivity contribution in [2.75, 3.05) is 5.32 Å². The van der Waals surface area contributed by atoms with Gasteiger partial charge in [0.2, 0.25) is 5.89 Å². The number of alkyl halides is 5. The zero-order chi connectivity index (χ0) is 20.6. The zero-order valence-corrected chi connectivity index (χ0v) is 14.5. The van der Waals surface area contributed by atoms with Crippen molar-refractivity contribution in [2.45, 2.75) is 19.1 Å². The SMILES string of the molecule is FC(F)c1nnc(-c2ccn3cc(CNc4ccc(C(F)(F)F)cc4)nc3c2)o1. The molecule has 0 unspecified atom stereocenters. The molecule has 0 aliphatic rings. The maximum absolute atomic E-state index is 12.6. The first-order chi connectivity index (χ1) is 13.8. The van der Waals surface area contributed by atoms with Crippen LogP contribution in [-0.4, -0.2) is 19.6 Å². The van der Waals surface area contributed by atoms with Crippen LogP contribution in [0.3, 0.4) is 0 Å². The van der Waals surface area contributed by atoms with Crippen molar-refractivity contribution in [2.24, 2.45) is 0 Å². The van der Waals surface area contributed by atoms with Crippen molar-refractivity contribution < 1.29 is 26.4 Å². The smallest absolute Gasteiger partial charge is 0.415 e.